The number of hydrogen-bond donors (Lipinski definition) is 1. The molecule has 3 nitrogen and oxygen atoms in total. The lowest BCUT2D eigenvalue weighted by Crippen LogP contribution is -2.28. The van der Waals surface area contributed by atoms with Crippen molar-refractivity contribution >= 4 is 0 Å². The molecular weight excluding hydrogens is 190 g/mol. The summed E-state index contributed by atoms with van der Waals surface area (Å²) in [6, 6.07) is 0.754. The van der Waals surface area contributed by atoms with Crippen LogP contribution in [-0.4, -0.2) is 40.0 Å². The third-order valence-corrected chi connectivity index (χ3v) is 3.33. The molecule has 2 atom stereocenters. The van der Waals surface area contributed by atoms with E-state index in [1.807, 2.05) is 0 Å². The topological polar surface area (TPSA) is 30.5 Å². The highest BCUT2D eigenvalue weighted by atomic mass is 16.5. The summed E-state index contributed by atoms with van der Waals surface area (Å²) in [4.78, 5) is 0. The van der Waals surface area contributed by atoms with Crippen molar-refractivity contribution in [2.75, 3.05) is 34.0 Å². The molecule has 90 valence electrons. The SMILES string of the molecule is CNC1CCCC1CCCOCCOC. The average molecular weight is 215 g/mol. The zero-order valence-corrected chi connectivity index (χ0v) is 10.1. The molecule has 15 heavy (non-hydrogen) atoms. The highest BCUT2D eigenvalue weighted by molar-refractivity contribution is 4.81. The second kappa shape index (κ2) is 8.08. The van der Waals surface area contributed by atoms with Crippen LogP contribution in [0.5, 0.6) is 0 Å². The van der Waals surface area contributed by atoms with Gasteiger partial charge < -0.3 is 14.8 Å². The van der Waals surface area contributed by atoms with Crippen LogP contribution in [0.2, 0.25) is 0 Å². The fraction of sp³-hybridized carbons (Fsp3) is 1.00. The Bertz CT molecular complexity index is 153. The molecule has 2 unspecified atom stereocenters. The molecule has 1 saturated carbocycles. The van der Waals surface area contributed by atoms with Gasteiger partial charge in [0.2, 0.25) is 0 Å². The van der Waals surface area contributed by atoms with Gasteiger partial charge in [0.1, 0.15) is 0 Å². The molecule has 0 aromatic carbocycles. The van der Waals surface area contributed by atoms with Crippen LogP contribution < -0.4 is 5.32 Å². The smallest absolute Gasteiger partial charge is 0.0700 e. The largest absolute Gasteiger partial charge is 0.382 e. The average Bonchev–Trinajstić information content (AvgIpc) is 2.70. The Morgan fingerprint density at radius 1 is 1.20 bits per heavy atom. The number of hydrogen-bond acceptors (Lipinski definition) is 3. The van der Waals surface area contributed by atoms with E-state index in [4.69, 9.17) is 9.47 Å². The first-order valence-corrected chi connectivity index (χ1v) is 6.12. The van der Waals surface area contributed by atoms with Crippen LogP contribution >= 0.6 is 0 Å². The molecule has 0 spiro atoms. The van der Waals surface area contributed by atoms with Gasteiger partial charge in [-0.15, -0.1) is 0 Å². The van der Waals surface area contributed by atoms with Gasteiger partial charge in [-0.2, -0.15) is 0 Å². The monoisotopic (exact) mass is 215 g/mol. The molecule has 0 aliphatic heterocycles. The van der Waals surface area contributed by atoms with Crippen LogP contribution in [0.15, 0.2) is 0 Å². The Kier molecular flexibility index (Phi) is 6.98. The molecule has 0 saturated heterocycles. The van der Waals surface area contributed by atoms with Gasteiger partial charge in [-0.1, -0.05) is 6.42 Å². The Labute approximate surface area is 93.5 Å². The summed E-state index contributed by atoms with van der Waals surface area (Å²) < 4.78 is 10.4. The van der Waals surface area contributed by atoms with Crippen LogP contribution in [0.3, 0.4) is 0 Å². The maximum atomic E-state index is 5.46. The summed E-state index contributed by atoms with van der Waals surface area (Å²) in [6.45, 7) is 2.33. The second-order valence-electron chi connectivity index (χ2n) is 4.33. The zero-order chi connectivity index (χ0) is 10.9. The van der Waals surface area contributed by atoms with Gasteiger partial charge in [-0.3, -0.25) is 0 Å². The van der Waals surface area contributed by atoms with E-state index in [0.717, 1.165) is 25.2 Å². The van der Waals surface area contributed by atoms with Crippen molar-refractivity contribution in [3.05, 3.63) is 0 Å². The van der Waals surface area contributed by atoms with E-state index in [-0.39, 0.29) is 0 Å². The lowest BCUT2D eigenvalue weighted by atomic mass is 9.98. The van der Waals surface area contributed by atoms with E-state index in [1.165, 1.54) is 32.1 Å². The third kappa shape index (κ3) is 4.96. The minimum Gasteiger partial charge on any atom is -0.382 e. The molecule has 1 N–H and O–H groups in total. The van der Waals surface area contributed by atoms with Gasteiger partial charge in [0, 0.05) is 19.8 Å². The van der Waals surface area contributed by atoms with Crippen molar-refractivity contribution in [1.29, 1.82) is 0 Å². The maximum absolute atomic E-state index is 5.46. The van der Waals surface area contributed by atoms with Gasteiger partial charge in [0.15, 0.2) is 0 Å². The first kappa shape index (κ1) is 12.9. The van der Waals surface area contributed by atoms with Gasteiger partial charge in [-0.05, 0) is 38.6 Å². The normalized spacial score (nSPS) is 26.0. The Morgan fingerprint density at radius 3 is 2.80 bits per heavy atom. The summed E-state index contributed by atoms with van der Waals surface area (Å²) in [5.41, 5.74) is 0. The standard InChI is InChI=1S/C12H25NO2/c1-13-12-7-3-5-11(12)6-4-8-15-10-9-14-2/h11-13H,3-10H2,1-2H3. The molecule has 1 aliphatic carbocycles. The summed E-state index contributed by atoms with van der Waals surface area (Å²) in [6.07, 6.45) is 6.63. The summed E-state index contributed by atoms with van der Waals surface area (Å²) in [5, 5.41) is 3.41. The highest BCUT2D eigenvalue weighted by Crippen LogP contribution is 2.28. The van der Waals surface area contributed by atoms with Crippen molar-refractivity contribution in [3.8, 4) is 0 Å². The highest BCUT2D eigenvalue weighted by Gasteiger charge is 2.24. The van der Waals surface area contributed by atoms with E-state index in [1.54, 1.807) is 7.11 Å². The predicted molar refractivity (Wildman–Crippen MR) is 62.1 cm³/mol. The van der Waals surface area contributed by atoms with E-state index in [2.05, 4.69) is 12.4 Å². The van der Waals surface area contributed by atoms with E-state index in [0.29, 0.717) is 6.61 Å². The Balaban J connectivity index is 1.95. The molecule has 0 aromatic heterocycles. The van der Waals surface area contributed by atoms with Crippen LogP contribution in [0.1, 0.15) is 32.1 Å². The van der Waals surface area contributed by atoms with Crippen molar-refractivity contribution in [3.63, 3.8) is 0 Å². The van der Waals surface area contributed by atoms with Crippen LogP contribution in [-0.2, 0) is 9.47 Å². The van der Waals surface area contributed by atoms with Crippen molar-refractivity contribution < 1.29 is 9.47 Å². The van der Waals surface area contributed by atoms with Crippen molar-refractivity contribution in [1.82, 2.24) is 5.32 Å². The summed E-state index contributed by atoms with van der Waals surface area (Å²) >= 11 is 0. The molecule has 1 fully saturated rings. The molecular formula is C12H25NO2. The van der Waals surface area contributed by atoms with E-state index < -0.39 is 0 Å². The lowest BCUT2D eigenvalue weighted by Gasteiger charge is -2.18. The summed E-state index contributed by atoms with van der Waals surface area (Å²) in [5.74, 6) is 0.876. The first-order chi connectivity index (χ1) is 7.38. The third-order valence-electron chi connectivity index (χ3n) is 3.33. The Morgan fingerprint density at radius 2 is 2.07 bits per heavy atom. The van der Waals surface area contributed by atoms with Crippen LogP contribution in [0, 0.1) is 5.92 Å². The van der Waals surface area contributed by atoms with Crippen LogP contribution in [0.4, 0.5) is 0 Å². The fourth-order valence-corrected chi connectivity index (χ4v) is 2.45. The number of rotatable bonds is 8. The van der Waals surface area contributed by atoms with Gasteiger partial charge in [0.05, 0.1) is 13.2 Å². The van der Waals surface area contributed by atoms with Gasteiger partial charge in [-0.25, -0.2) is 0 Å². The minimum absolute atomic E-state index is 0.711. The van der Waals surface area contributed by atoms with Crippen LogP contribution in [0.25, 0.3) is 0 Å². The molecule has 0 heterocycles. The minimum atomic E-state index is 0.711. The molecule has 1 aliphatic rings. The molecule has 1 rings (SSSR count). The second-order valence-corrected chi connectivity index (χ2v) is 4.33. The van der Waals surface area contributed by atoms with Gasteiger partial charge in [0.25, 0.3) is 0 Å². The molecule has 0 aromatic rings. The quantitative estimate of drug-likeness (QED) is 0.626. The maximum Gasteiger partial charge on any atom is 0.0700 e. The number of methoxy groups -OCH3 is 1. The predicted octanol–water partition coefficient (Wildman–Crippen LogP) is 1.82. The number of ether oxygens (including phenoxy) is 2. The van der Waals surface area contributed by atoms with E-state index >= 15 is 0 Å². The van der Waals surface area contributed by atoms with Crippen molar-refractivity contribution in [2.24, 2.45) is 5.92 Å². The zero-order valence-electron chi connectivity index (χ0n) is 10.1. The van der Waals surface area contributed by atoms with Crippen molar-refractivity contribution in [2.45, 2.75) is 38.1 Å². The molecule has 3 heteroatoms. The molecule has 0 radical (unpaired) electrons. The fourth-order valence-electron chi connectivity index (χ4n) is 2.45. The summed E-state index contributed by atoms with van der Waals surface area (Å²) in [7, 11) is 3.79. The van der Waals surface area contributed by atoms with E-state index in [9.17, 15) is 0 Å². The van der Waals surface area contributed by atoms with Gasteiger partial charge >= 0.3 is 0 Å². The first-order valence-electron chi connectivity index (χ1n) is 6.12. The lowest BCUT2D eigenvalue weighted by molar-refractivity contribution is 0.0669. The molecule has 0 amide bonds. The molecule has 0 bridgehead atoms. The Hall–Kier alpha value is -0.120. The number of nitrogens with one attached hydrogen (secondary N) is 1.